The van der Waals surface area contributed by atoms with Crippen LogP contribution in [0.4, 0.5) is 0 Å². The SMILES string of the molecule is COC(CN(C)C(=O)C(C)C)OC. The summed E-state index contributed by atoms with van der Waals surface area (Å²) in [6.07, 6.45) is -0.340. The Morgan fingerprint density at radius 1 is 1.31 bits per heavy atom. The van der Waals surface area contributed by atoms with Crippen LogP contribution in [0.1, 0.15) is 13.8 Å². The third-order valence-corrected chi connectivity index (χ3v) is 1.82. The van der Waals surface area contributed by atoms with E-state index >= 15 is 0 Å². The Morgan fingerprint density at radius 2 is 1.77 bits per heavy atom. The van der Waals surface area contributed by atoms with Crippen molar-refractivity contribution < 1.29 is 14.3 Å². The fourth-order valence-corrected chi connectivity index (χ4v) is 1.000. The van der Waals surface area contributed by atoms with Crippen molar-refractivity contribution in [1.29, 1.82) is 0 Å². The largest absolute Gasteiger partial charge is 0.354 e. The lowest BCUT2D eigenvalue weighted by Gasteiger charge is -2.23. The number of likely N-dealkylation sites (N-methyl/N-ethyl adjacent to an activating group) is 1. The summed E-state index contributed by atoms with van der Waals surface area (Å²) in [4.78, 5) is 13.0. The van der Waals surface area contributed by atoms with Gasteiger partial charge in [0.05, 0.1) is 6.54 Å². The predicted molar refractivity (Wildman–Crippen MR) is 50.3 cm³/mol. The molecule has 0 rings (SSSR count). The number of nitrogens with zero attached hydrogens (tertiary/aromatic N) is 1. The molecule has 78 valence electrons. The Bertz CT molecular complexity index is 155. The molecule has 0 atom stereocenters. The highest BCUT2D eigenvalue weighted by Crippen LogP contribution is 2.01. The third kappa shape index (κ3) is 4.24. The molecule has 0 aliphatic carbocycles. The summed E-state index contributed by atoms with van der Waals surface area (Å²) < 4.78 is 9.97. The van der Waals surface area contributed by atoms with Crippen LogP contribution in [0.5, 0.6) is 0 Å². The van der Waals surface area contributed by atoms with Gasteiger partial charge in [0.15, 0.2) is 6.29 Å². The normalized spacial score (nSPS) is 11.0. The van der Waals surface area contributed by atoms with E-state index < -0.39 is 0 Å². The van der Waals surface area contributed by atoms with Crippen LogP contribution >= 0.6 is 0 Å². The zero-order valence-electron chi connectivity index (χ0n) is 9.03. The van der Waals surface area contributed by atoms with E-state index in [1.54, 1.807) is 26.2 Å². The lowest BCUT2D eigenvalue weighted by atomic mass is 10.2. The van der Waals surface area contributed by atoms with Crippen LogP contribution in [0.2, 0.25) is 0 Å². The molecule has 0 N–H and O–H groups in total. The minimum Gasteiger partial charge on any atom is -0.354 e. The molecule has 4 nitrogen and oxygen atoms in total. The number of carbonyl (C=O) groups excluding carboxylic acids is 1. The molecule has 0 spiro atoms. The van der Waals surface area contributed by atoms with E-state index in [2.05, 4.69) is 0 Å². The second kappa shape index (κ2) is 5.94. The van der Waals surface area contributed by atoms with Gasteiger partial charge in [0.1, 0.15) is 0 Å². The Hall–Kier alpha value is -0.610. The van der Waals surface area contributed by atoms with Crippen LogP contribution in [0, 0.1) is 5.92 Å². The summed E-state index contributed by atoms with van der Waals surface area (Å²) in [6.45, 7) is 4.20. The summed E-state index contributed by atoms with van der Waals surface area (Å²) in [5.74, 6) is 0.110. The zero-order valence-corrected chi connectivity index (χ0v) is 9.03. The minimum atomic E-state index is -0.340. The zero-order chi connectivity index (χ0) is 10.4. The maximum absolute atomic E-state index is 11.4. The van der Waals surface area contributed by atoms with Gasteiger partial charge in [0.25, 0.3) is 0 Å². The number of hydrogen-bond donors (Lipinski definition) is 0. The predicted octanol–water partition coefficient (Wildman–Crippen LogP) is 0.720. The molecule has 4 heteroatoms. The molecule has 1 amide bonds. The number of methoxy groups -OCH3 is 2. The molecule has 0 aliphatic heterocycles. The maximum atomic E-state index is 11.4. The van der Waals surface area contributed by atoms with E-state index in [4.69, 9.17) is 9.47 Å². The van der Waals surface area contributed by atoms with E-state index in [9.17, 15) is 4.79 Å². The molecule has 0 bridgehead atoms. The first-order chi connectivity index (χ1) is 6.02. The topological polar surface area (TPSA) is 38.8 Å². The van der Waals surface area contributed by atoms with Gasteiger partial charge in [-0.2, -0.15) is 0 Å². The van der Waals surface area contributed by atoms with Crippen molar-refractivity contribution in [3.63, 3.8) is 0 Å². The molecule has 0 radical (unpaired) electrons. The number of rotatable bonds is 5. The molecule has 0 heterocycles. The first kappa shape index (κ1) is 12.4. The molecule has 0 unspecified atom stereocenters. The summed E-state index contributed by atoms with van der Waals surface area (Å²) in [7, 11) is 4.86. The monoisotopic (exact) mass is 189 g/mol. The molecule has 0 aromatic rings. The Labute approximate surface area is 79.8 Å². The van der Waals surface area contributed by atoms with E-state index in [1.165, 1.54) is 0 Å². The molecule has 13 heavy (non-hydrogen) atoms. The summed E-state index contributed by atoms with van der Waals surface area (Å²) in [6, 6.07) is 0. The van der Waals surface area contributed by atoms with Crippen LogP contribution in [-0.4, -0.2) is 44.9 Å². The highest BCUT2D eigenvalue weighted by Gasteiger charge is 2.16. The molecule has 0 aliphatic rings. The Balaban J connectivity index is 3.97. The summed E-state index contributed by atoms with van der Waals surface area (Å²) in [5, 5.41) is 0. The van der Waals surface area contributed by atoms with Gasteiger partial charge in [-0.25, -0.2) is 0 Å². The van der Waals surface area contributed by atoms with Crippen LogP contribution in [0.15, 0.2) is 0 Å². The van der Waals surface area contributed by atoms with Gasteiger partial charge in [0.2, 0.25) is 5.91 Å². The average Bonchev–Trinajstić information content (AvgIpc) is 2.12. The molecule has 0 fully saturated rings. The fraction of sp³-hybridized carbons (Fsp3) is 0.889. The van der Waals surface area contributed by atoms with Crippen molar-refractivity contribution in [3.8, 4) is 0 Å². The number of ether oxygens (including phenoxy) is 2. The Morgan fingerprint density at radius 3 is 2.08 bits per heavy atom. The van der Waals surface area contributed by atoms with Crippen LogP contribution in [-0.2, 0) is 14.3 Å². The van der Waals surface area contributed by atoms with Gasteiger partial charge in [-0.15, -0.1) is 0 Å². The average molecular weight is 189 g/mol. The lowest BCUT2D eigenvalue weighted by Crippen LogP contribution is -2.38. The van der Waals surface area contributed by atoms with E-state index in [-0.39, 0.29) is 18.1 Å². The fourth-order valence-electron chi connectivity index (χ4n) is 1.000. The van der Waals surface area contributed by atoms with Crippen LogP contribution < -0.4 is 0 Å². The quantitative estimate of drug-likeness (QED) is 0.598. The van der Waals surface area contributed by atoms with Gasteiger partial charge in [0, 0.05) is 27.2 Å². The van der Waals surface area contributed by atoms with E-state index in [1.807, 2.05) is 13.8 Å². The van der Waals surface area contributed by atoms with Gasteiger partial charge in [-0.3, -0.25) is 4.79 Å². The minimum absolute atomic E-state index is 0.0133. The van der Waals surface area contributed by atoms with Crippen molar-refractivity contribution in [2.24, 2.45) is 5.92 Å². The first-order valence-corrected chi connectivity index (χ1v) is 4.33. The van der Waals surface area contributed by atoms with Crippen molar-refractivity contribution >= 4 is 5.91 Å². The standard InChI is InChI=1S/C9H19NO3/c1-7(2)9(11)10(3)6-8(12-4)13-5/h7-8H,6H2,1-5H3. The lowest BCUT2D eigenvalue weighted by molar-refractivity contribution is -0.145. The van der Waals surface area contributed by atoms with Gasteiger partial charge in [-0.1, -0.05) is 13.8 Å². The second-order valence-corrected chi connectivity index (χ2v) is 3.27. The van der Waals surface area contributed by atoms with Crippen molar-refractivity contribution in [2.75, 3.05) is 27.8 Å². The molecular formula is C9H19NO3. The van der Waals surface area contributed by atoms with Gasteiger partial charge < -0.3 is 14.4 Å². The maximum Gasteiger partial charge on any atom is 0.225 e. The number of carbonyl (C=O) groups is 1. The number of hydrogen-bond acceptors (Lipinski definition) is 3. The van der Waals surface area contributed by atoms with Crippen LogP contribution in [0.25, 0.3) is 0 Å². The van der Waals surface area contributed by atoms with E-state index in [0.29, 0.717) is 6.54 Å². The van der Waals surface area contributed by atoms with Gasteiger partial charge in [-0.05, 0) is 0 Å². The van der Waals surface area contributed by atoms with Gasteiger partial charge >= 0.3 is 0 Å². The molecule has 0 aromatic carbocycles. The summed E-state index contributed by atoms with van der Waals surface area (Å²) in [5.41, 5.74) is 0. The van der Waals surface area contributed by atoms with E-state index in [0.717, 1.165) is 0 Å². The van der Waals surface area contributed by atoms with Crippen molar-refractivity contribution in [2.45, 2.75) is 20.1 Å². The molecule has 0 saturated heterocycles. The second-order valence-electron chi connectivity index (χ2n) is 3.27. The van der Waals surface area contributed by atoms with Crippen LogP contribution in [0.3, 0.4) is 0 Å². The third-order valence-electron chi connectivity index (χ3n) is 1.82. The molecular weight excluding hydrogens is 170 g/mol. The first-order valence-electron chi connectivity index (χ1n) is 4.33. The van der Waals surface area contributed by atoms with Crippen molar-refractivity contribution in [3.05, 3.63) is 0 Å². The number of amides is 1. The smallest absolute Gasteiger partial charge is 0.225 e. The van der Waals surface area contributed by atoms with Crippen molar-refractivity contribution in [1.82, 2.24) is 4.90 Å². The summed E-state index contributed by atoms with van der Waals surface area (Å²) >= 11 is 0. The highest BCUT2D eigenvalue weighted by atomic mass is 16.7. The Kier molecular flexibility index (Phi) is 5.66. The molecule has 0 aromatic heterocycles. The highest BCUT2D eigenvalue weighted by molar-refractivity contribution is 5.77. The molecule has 0 saturated carbocycles.